The van der Waals surface area contributed by atoms with Crippen LogP contribution in [0.2, 0.25) is 0 Å². The van der Waals surface area contributed by atoms with Crippen molar-refractivity contribution in [3.05, 3.63) is 17.5 Å². The van der Waals surface area contributed by atoms with Crippen molar-refractivity contribution in [3.8, 4) is 0 Å². The lowest BCUT2D eigenvalue weighted by molar-refractivity contribution is 0.112. The van der Waals surface area contributed by atoms with Crippen LogP contribution in [0.3, 0.4) is 0 Å². The van der Waals surface area contributed by atoms with Gasteiger partial charge in [0.2, 0.25) is 0 Å². The molecule has 0 amide bonds. The van der Waals surface area contributed by atoms with Crippen molar-refractivity contribution in [3.63, 3.8) is 0 Å². The van der Waals surface area contributed by atoms with Gasteiger partial charge >= 0.3 is 0 Å². The topological polar surface area (TPSA) is 46.9 Å². The van der Waals surface area contributed by atoms with Crippen molar-refractivity contribution in [2.45, 2.75) is 13.1 Å². The van der Waals surface area contributed by atoms with Gasteiger partial charge < -0.3 is 5.32 Å². The van der Waals surface area contributed by atoms with E-state index in [4.69, 9.17) is 0 Å². The highest BCUT2D eigenvalue weighted by Gasteiger charge is 2.12. The molecule has 58 valence electrons. The van der Waals surface area contributed by atoms with Crippen molar-refractivity contribution in [2.75, 3.05) is 6.54 Å². The number of fused-ring (bicyclic) bond motifs is 1. The van der Waals surface area contributed by atoms with Crippen LogP contribution in [-0.2, 0) is 13.1 Å². The summed E-state index contributed by atoms with van der Waals surface area (Å²) in [5.41, 5.74) is 1.71. The highest BCUT2D eigenvalue weighted by molar-refractivity contribution is 5.76. The minimum Gasteiger partial charge on any atom is -0.309 e. The normalized spacial score (nSPS) is 16.0. The Balaban J connectivity index is 2.45. The monoisotopic (exact) mass is 151 g/mol. The second-order valence-electron chi connectivity index (χ2n) is 2.56. The summed E-state index contributed by atoms with van der Waals surface area (Å²) in [4.78, 5) is 10.5. The molecular weight excluding hydrogens is 142 g/mol. The molecule has 1 aliphatic rings. The van der Waals surface area contributed by atoms with E-state index < -0.39 is 0 Å². The van der Waals surface area contributed by atoms with E-state index in [1.165, 1.54) is 0 Å². The van der Waals surface area contributed by atoms with Gasteiger partial charge in [-0.1, -0.05) is 0 Å². The Morgan fingerprint density at radius 3 is 3.45 bits per heavy atom. The van der Waals surface area contributed by atoms with Crippen LogP contribution in [0.5, 0.6) is 0 Å². The number of aldehydes is 1. The fraction of sp³-hybridized carbons (Fsp3) is 0.429. The first-order valence-corrected chi connectivity index (χ1v) is 3.62. The molecule has 0 saturated carbocycles. The summed E-state index contributed by atoms with van der Waals surface area (Å²) in [6.07, 6.45) is 2.47. The van der Waals surface area contributed by atoms with Crippen LogP contribution in [0.25, 0.3) is 0 Å². The summed E-state index contributed by atoms with van der Waals surface area (Å²) in [7, 11) is 0. The van der Waals surface area contributed by atoms with E-state index in [-0.39, 0.29) is 0 Å². The summed E-state index contributed by atoms with van der Waals surface area (Å²) in [5, 5.41) is 7.26. The number of aromatic nitrogens is 2. The molecule has 0 radical (unpaired) electrons. The fourth-order valence-corrected chi connectivity index (χ4v) is 1.30. The largest absolute Gasteiger partial charge is 0.309 e. The van der Waals surface area contributed by atoms with Gasteiger partial charge in [0.1, 0.15) is 0 Å². The van der Waals surface area contributed by atoms with Crippen molar-refractivity contribution in [1.82, 2.24) is 15.1 Å². The molecule has 4 nitrogen and oxygen atoms in total. The van der Waals surface area contributed by atoms with Gasteiger partial charge in [0.05, 0.1) is 24.0 Å². The maximum atomic E-state index is 10.5. The molecule has 0 spiro atoms. The maximum absolute atomic E-state index is 10.5. The second kappa shape index (κ2) is 2.47. The van der Waals surface area contributed by atoms with Crippen LogP contribution in [-0.4, -0.2) is 22.6 Å². The first-order valence-electron chi connectivity index (χ1n) is 3.62. The van der Waals surface area contributed by atoms with Crippen LogP contribution >= 0.6 is 0 Å². The first-order chi connectivity index (χ1) is 5.42. The van der Waals surface area contributed by atoms with Crippen LogP contribution in [0.15, 0.2) is 6.20 Å². The molecule has 11 heavy (non-hydrogen) atoms. The molecule has 2 rings (SSSR count). The van der Waals surface area contributed by atoms with Crippen molar-refractivity contribution in [2.24, 2.45) is 0 Å². The number of nitrogens with zero attached hydrogens (tertiary/aromatic N) is 2. The zero-order valence-electron chi connectivity index (χ0n) is 6.08. The minimum atomic E-state index is 0.706. The molecule has 0 atom stereocenters. The predicted octanol–water partition coefficient (Wildman–Crippen LogP) is -0.201. The molecule has 1 aliphatic heterocycles. The Bertz CT molecular complexity index is 279. The van der Waals surface area contributed by atoms with Gasteiger partial charge in [-0.25, -0.2) is 0 Å². The molecule has 0 bridgehead atoms. The van der Waals surface area contributed by atoms with Gasteiger partial charge in [-0.05, 0) is 0 Å². The second-order valence-corrected chi connectivity index (χ2v) is 2.56. The van der Waals surface area contributed by atoms with Crippen molar-refractivity contribution < 1.29 is 4.79 Å². The summed E-state index contributed by atoms with van der Waals surface area (Å²) in [5.74, 6) is 0. The summed E-state index contributed by atoms with van der Waals surface area (Å²) in [6, 6.07) is 0. The Morgan fingerprint density at radius 2 is 2.64 bits per heavy atom. The SMILES string of the molecule is O=Cc1cnn2c1CNCC2. The Labute approximate surface area is 64.2 Å². The molecule has 0 unspecified atom stereocenters. The Kier molecular flexibility index (Phi) is 1.47. The highest BCUT2D eigenvalue weighted by Crippen LogP contribution is 2.08. The van der Waals surface area contributed by atoms with E-state index in [2.05, 4.69) is 10.4 Å². The fourth-order valence-electron chi connectivity index (χ4n) is 1.30. The average Bonchev–Trinajstić information content (AvgIpc) is 2.47. The molecule has 1 aromatic rings. The zero-order valence-corrected chi connectivity index (χ0v) is 6.08. The van der Waals surface area contributed by atoms with Gasteiger partial charge in [-0.2, -0.15) is 5.10 Å². The van der Waals surface area contributed by atoms with Gasteiger partial charge in [-0.3, -0.25) is 9.48 Å². The molecule has 2 heterocycles. The number of carbonyl (C=O) groups excluding carboxylic acids is 1. The molecule has 4 heteroatoms. The van der Waals surface area contributed by atoms with Gasteiger partial charge in [0.25, 0.3) is 0 Å². The first kappa shape index (κ1) is 6.54. The van der Waals surface area contributed by atoms with Gasteiger partial charge in [-0.15, -0.1) is 0 Å². The third kappa shape index (κ3) is 0.952. The van der Waals surface area contributed by atoms with Crippen molar-refractivity contribution >= 4 is 6.29 Å². The van der Waals surface area contributed by atoms with Crippen LogP contribution in [0.4, 0.5) is 0 Å². The maximum Gasteiger partial charge on any atom is 0.153 e. The lowest BCUT2D eigenvalue weighted by Crippen LogP contribution is -2.28. The van der Waals surface area contributed by atoms with E-state index in [0.717, 1.165) is 31.6 Å². The predicted molar refractivity (Wildman–Crippen MR) is 39.3 cm³/mol. The third-order valence-corrected chi connectivity index (χ3v) is 1.90. The quantitative estimate of drug-likeness (QED) is 0.565. The lowest BCUT2D eigenvalue weighted by atomic mass is 10.2. The summed E-state index contributed by atoms with van der Waals surface area (Å²) >= 11 is 0. The Morgan fingerprint density at radius 1 is 1.73 bits per heavy atom. The van der Waals surface area contributed by atoms with E-state index in [1.807, 2.05) is 4.68 Å². The van der Waals surface area contributed by atoms with Gasteiger partial charge in [0, 0.05) is 13.1 Å². The molecule has 0 saturated heterocycles. The standard InChI is InChI=1S/C7H9N3O/c11-5-6-3-9-10-2-1-8-4-7(6)10/h3,5,8H,1-2,4H2. The van der Waals surface area contributed by atoms with E-state index in [0.29, 0.717) is 5.56 Å². The van der Waals surface area contributed by atoms with Gasteiger partial charge in [0.15, 0.2) is 6.29 Å². The van der Waals surface area contributed by atoms with E-state index in [9.17, 15) is 4.79 Å². The van der Waals surface area contributed by atoms with Crippen molar-refractivity contribution in [1.29, 1.82) is 0 Å². The van der Waals surface area contributed by atoms with Crippen LogP contribution in [0.1, 0.15) is 16.1 Å². The molecule has 0 aromatic carbocycles. The number of hydrogen-bond donors (Lipinski definition) is 1. The Hall–Kier alpha value is -1.16. The molecular formula is C7H9N3O. The number of rotatable bonds is 1. The molecule has 1 N–H and O–H groups in total. The minimum absolute atomic E-state index is 0.706. The average molecular weight is 151 g/mol. The van der Waals surface area contributed by atoms with E-state index >= 15 is 0 Å². The molecule has 1 aromatic heterocycles. The summed E-state index contributed by atoms with van der Waals surface area (Å²) in [6.45, 7) is 2.56. The highest BCUT2D eigenvalue weighted by atomic mass is 16.1. The number of nitrogens with one attached hydrogen (secondary N) is 1. The van der Waals surface area contributed by atoms with Crippen LogP contribution < -0.4 is 5.32 Å². The van der Waals surface area contributed by atoms with Crippen LogP contribution in [0, 0.1) is 0 Å². The number of hydrogen-bond acceptors (Lipinski definition) is 3. The summed E-state index contributed by atoms with van der Waals surface area (Å²) < 4.78 is 1.88. The third-order valence-electron chi connectivity index (χ3n) is 1.90. The van der Waals surface area contributed by atoms with E-state index in [1.54, 1.807) is 6.20 Å². The smallest absolute Gasteiger partial charge is 0.153 e. The molecule has 0 fully saturated rings. The molecule has 0 aliphatic carbocycles. The zero-order chi connectivity index (χ0) is 7.68. The number of carbonyl (C=O) groups is 1. The lowest BCUT2D eigenvalue weighted by Gasteiger charge is -2.14.